The Hall–Kier alpha value is -1.23. The van der Waals surface area contributed by atoms with E-state index in [1.807, 2.05) is 62.0 Å². The highest BCUT2D eigenvalue weighted by Crippen LogP contribution is 2.26. The summed E-state index contributed by atoms with van der Waals surface area (Å²) in [5.74, 6) is 1.56. The Balaban J connectivity index is 1.82. The maximum Gasteiger partial charge on any atom is 0.410 e. The topological polar surface area (TPSA) is 42.4 Å². The van der Waals surface area contributed by atoms with Gasteiger partial charge in [-0.05, 0) is 51.7 Å². The van der Waals surface area contributed by atoms with Gasteiger partial charge in [0.2, 0.25) is 0 Å². The Morgan fingerprint density at radius 2 is 2.14 bits per heavy atom. The minimum Gasteiger partial charge on any atom is -0.444 e. The van der Waals surface area contributed by atoms with Gasteiger partial charge >= 0.3 is 6.09 Å². The average Bonchev–Trinajstić information content (AvgIpc) is 2.45. The van der Waals surface area contributed by atoms with Gasteiger partial charge in [0.25, 0.3) is 0 Å². The van der Waals surface area contributed by atoms with E-state index in [4.69, 9.17) is 4.74 Å². The molecule has 1 atom stereocenters. The number of carbonyl (C=O) groups excluding carboxylic acids is 1. The molecule has 1 amide bonds. The summed E-state index contributed by atoms with van der Waals surface area (Å²) >= 11 is 1.84. The Morgan fingerprint density at radius 3 is 2.81 bits per heavy atom. The number of carbonyl (C=O) groups is 1. The van der Waals surface area contributed by atoms with Crippen LogP contribution in [0.2, 0.25) is 0 Å². The molecule has 0 radical (unpaired) electrons. The van der Waals surface area contributed by atoms with Gasteiger partial charge in [0.15, 0.2) is 0 Å². The van der Waals surface area contributed by atoms with E-state index in [2.05, 4.69) is 4.98 Å². The van der Waals surface area contributed by atoms with Crippen molar-refractivity contribution in [2.45, 2.75) is 44.1 Å². The number of thioether (sulfide) groups is 1. The molecule has 0 spiro atoms. The lowest BCUT2D eigenvalue weighted by Gasteiger charge is -2.34. The molecule has 116 valence electrons. The molecule has 1 aliphatic heterocycles. The van der Waals surface area contributed by atoms with Crippen molar-refractivity contribution in [3.8, 4) is 0 Å². The average molecular weight is 308 g/mol. The molecule has 1 aromatic rings. The smallest absolute Gasteiger partial charge is 0.410 e. The summed E-state index contributed by atoms with van der Waals surface area (Å²) in [6, 6.07) is 4.05. The van der Waals surface area contributed by atoms with Gasteiger partial charge in [-0.1, -0.05) is 0 Å². The lowest BCUT2D eigenvalue weighted by Crippen LogP contribution is -2.43. The van der Waals surface area contributed by atoms with Crippen LogP contribution in [0.5, 0.6) is 0 Å². The van der Waals surface area contributed by atoms with Crippen LogP contribution in [-0.4, -0.2) is 40.4 Å². The van der Waals surface area contributed by atoms with Crippen molar-refractivity contribution in [2.24, 2.45) is 5.92 Å². The second-order valence-electron chi connectivity index (χ2n) is 6.43. The molecular formula is C16H24N2O2S. The van der Waals surface area contributed by atoms with E-state index in [9.17, 15) is 4.79 Å². The summed E-state index contributed by atoms with van der Waals surface area (Å²) in [7, 11) is 0. The highest BCUT2D eigenvalue weighted by molar-refractivity contribution is 7.99. The highest BCUT2D eigenvalue weighted by Gasteiger charge is 2.27. The van der Waals surface area contributed by atoms with E-state index in [1.165, 1.54) is 11.3 Å². The van der Waals surface area contributed by atoms with Crippen LogP contribution in [0.1, 0.15) is 33.6 Å². The minimum atomic E-state index is -0.421. The van der Waals surface area contributed by atoms with Gasteiger partial charge in [-0.3, -0.25) is 4.98 Å². The van der Waals surface area contributed by atoms with Crippen LogP contribution in [0.3, 0.4) is 0 Å². The SMILES string of the molecule is CC(C)(C)OC(=O)N1CCC[C@@H](CSc2ccncc2)C1. The Bertz CT molecular complexity index is 459. The van der Waals surface area contributed by atoms with E-state index in [0.29, 0.717) is 5.92 Å². The predicted molar refractivity (Wildman–Crippen MR) is 85.5 cm³/mol. The number of amides is 1. The van der Waals surface area contributed by atoms with Crippen molar-refractivity contribution in [1.82, 2.24) is 9.88 Å². The van der Waals surface area contributed by atoms with E-state index in [0.717, 1.165) is 25.3 Å². The third-order valence-electron chi connectivity index (χ3n) is 3.31. The molecule has 0 N–H and O–H groups in total. The molecule has 2 rings (SSSR count). The summed E-state index contributed by atoms with van der Waals surface area (Å²) in [5, 5.41) is 0. The molecule has 21 heavy (non-hydrogen) atoms. The maximum absolute atomic E-state index is 12.1. The predicted octanol–water partition coefficient (Wildman–Crippen LogP) is 3.82. The summed E-state index contributed by atoms with van der Waals surface area (Å²) in [5.41, 5.74) is -0.421. The largest absolute Gasteiger partial charge is 0.444 e. The molecule has 0 bridgehead atoms. The van der Waals surface area contributed by atoms with Crippen LogP contribution in [0, 0.1) is 5.92 Å². The van der Waals surface area contributed by atoms with Crippen molar-refractivity contribution < 1.29 is 9.53 Å². The third kappa shape index (κ3) is 5.58. The fourth-order valence-electron chi connectivity index (χ4n) is 2.34. The first-order chi connectivity index (χ1) is 9.94. The molecule has 5 heteroatoms. The number of hydrogen-bond donors (Lipinski definition) is 0. The van der Waals surface area contributed by atoms with Crippen LogP contribution in [-0.2, 0) is 4.74 Å². The zero-order valence-corrected chi connectivity index (χ0v) is 13.9. The summed E-state index contributed by atoms with van der Waals surface area (Å²) in [4.78, 5) is 19.2. The lowest BCUT2D eigenvalue weighted by atomic mass is 10.0. The van der Waals surface area contributed by atoms with Gasteiger partial charge in [0, 0.05) is 36.1 Å². The van der Waals surface area contributed by atoms with Gasteiger partial charge in [0.05, 0.1) is 0 Å². The zero-order valence-electron chi connectivity index (χ0n) is 13.0. The Labute approximate surface area is 131 Å². The maximum atomic E-state index is 12.1. The monoisotopic (exact) mass is 308 g/mol. The van der Waals surface area contributed by atoms with Gasteiger partial charge in [-0.25, -0.2) is 4.79 Å². The minimum absolute atomic E-state index is 0.180. The highest BCUT2D eigenvalue weighted by atomic mass is 32.2. The number of rotatable bonds is 3. The fraction of sp³-hybridized carbons (Fsp3) is 0.625. The molecule has 1 saturated heterocycles. The molecule has 0 aliphatic carbocycles. The number of hydrogen-bond acceptors (Lipinski definition) is 4. The van der Waals surface area contributed by atoms with Crippen LogP contribution in [0.15, 0.2) is 29.4 Å². The zero-order chi connectivity index (χ0) is 15.3. The molecule has 1 aliphatic rings. The Kier molecular flexibility index (Phi) is 5.51. The van der Waals surface area contributed by atoms with Crippen molar-refractivity contribution in [1.29, 1.82) is 0 Å². The van der Waals surface area contributed by atoms with Crippen molar-refractivity contribution >= 4 is 17.9 Å². The number of aromatic nitrogens is 1. The molecule has 1 aromatic heterocycles. The van der Waals surface area contributed by atoms with E-state index in [-0.39, 0.29) is 6.09 Å². The molecule has 2 heterocycles. The molecule has 0 saturated carbocycles. The van der Waals surface area contributed by atoms with Gasteiger partial charge < -0.3 is 9.64 Å². The summed E-state index contributed by atoms with van der Waals surface area (Å²) in [6.07, 6.45) is 5.69. The van der Waals surface area contributed by atoms with Crippen LogP contribution in [0.4, 0.5) is 4.79 Å². The van der Waals surface area contributed by atoms with E-state index in [1.54, 1.807) is 0 Å². The van der Waals surface area contributed by atoms with Gasteiger partial charge in [0.1, 0.15) is 5.60 Å². The number of nitrogens with zero attached hydrogens (tertiary/aromatic N) is 2. The van der Waals surface area contributed by atoms with Crippen LogP contribution < -0.4 is 0 Å². The third-order valence-corrected chi connectivity index (χ3v) is 4.55. The van der Waals surface area contributed by atoms with E-state index < -0.39 is 5.60 Å². The first-order valence-electron chi connectivity index (χ1n) is 7.45. The number of likely N-dealkylation sites (tertiary alicyclic amines) is 1. The fourth-order valence-corrected chi connectivity index (χ4v) is 3.36. The molecule has 0 unspecified atom stereocenters. The van der Waals surface area contributed by atoms with Crippen molar-refractivity contribution in [2.75, 3.05) is 18.8 Å². The first kappa shape index (κ1) is 16.1. The first-order valence-corrected chi connectivity index (χ1v) is 8.43. The molecule has 4 nitrogen and oxygen atoms in total. The lowest BCUT2D eigenvalue weighted by molar-refractivity contribution is 0.0177. The number of pyridine rings is 1. The van der Waals surface area contributed by atoms with Gasteiger partial charge in [-0.15, -0.1) is 11.8 Å². The van der Waals surface area contributed by atoms with E-state index >= 15 is 0 Å². The van der Waals surface area contributed by atoms with Crippen molar-refractivity contribution in [3.05, 3.63) is 24.5 Å². The van der Waals surface area contributed by atoms with Gasteiger partial charge in [-0.2, -0.15) is 0 Å². The standard InChI is InChI=1S/C16H24N2O2S/c1-16(2,3)20-15(19)18-10-4-5-13(11-18)12-21-14-6-8-17-9-7-14/h6-9,13H,4-5,10-12H2,1-3H3/t13-/m1/s1. The van der Waals surface area contributed by atoms with Crippen molar-refractivity contribution in [3.63, 3.8) is 0 Å². The van der Waals surface area contributed by atoms with Crippen LogP contribution >= 0.6 is 11.8 Å². The number of piperidine rings is 1. The van der Waals surface area contributed by atoms with Crippen LogP contribution in [0.25, 0.3) is 0 Å². The second kappa shape index (κ2) is 7.16. The quantitative estimate of drug-likeness (QED) is 0.796. The molecule has 1 fully saturated rings. The normalized spacial score (nSPS) is 19.4. The molecule has 0 aromatic carbocycles. The number of ether oxygens (including phenoxy) is 1. The molecular weight excluding hydrogens is 284 g/mol. The Morgan fingerprint density at radius 1 is 1.43 bits per heavy atom. The summed E-state index contributed by atoms with van der Waals surface area (Å²) in [6.45, 7) is 7.33. The second-order valence-corrected chi connectivity index (χ2v) is 7.52. The summed E-state index contributed by atoms with van der Waals surface area (Å²) < 4.78 is 5.46.